The molecule has 4 rings (SSSR count). The summed E-state index contributed by atoms with van der Waals surface area (Å²) in [4.78, 5) is 13.5. The summed E-state index contributed by atoms with van der Waals surface area (Å²) in [6, 6.07) is 23.6. The van der Waals surface area contributed by atoms with E-state index in [4.69, 9.17) is 0 Å². The minimum absolute atomic E-state index is 0.0903. The molecule has 0 N–H and O–H groups in total. The second-order valence-corrected chi connectivity index (χ2v) is 7.82. The molecule has 0 radical (unpaired) electrons. The number of Topliss-reactive ketones (excluding diaryl/α,β-unsaturated/α-hetero) is 1. The molecule has 134 valence electrons. The molecule has 0 saturated carbocycles. The third-order valence-electron chi connectivity index (χ3n) is 4.07. The molecule has 4 nitrogen and oxygen atoms in total. The maximum atomic E-state index is 12.4. The number of hydrogen-bond donors (Lipinski definition) is 0. The van der Waals surface area contributed by atoms with E-state index in [1.54, 1.807) is 11.3 Å². The monoisotopic (exact) mass is 391 g/mol. The van der Waals surface area contributed by atoms with E-state index in [0.717, 1.165) is 21.4 Å². The Morgan fingerprint density at radius 2 is 1.67 bits per heavy atom. The molecule has 2 heterocycles. The van der Waals surface area contributed by atoms with Crippen molar-refractivity contribution in [2.75, 3.05) is 5.75 Å². The molecular formula is C21H17N3OS2. The molecule has 0 spiro atoms. The van der Waals surface area contributed by atoms with E-state index in [1.807, 2.05) is 66.0 Å². The number of benzene rings is 2. The molecule has 0 amide bonds. The first-order chi connectivity index (χ1) is 13.3. The minimum atomic E-state index is 0.0903. The Morgan fingerprint density at radius 3 is 2.37 bits per heavy atom. The Hall–Kier alpha value is -2.70. The predicted molar refractivity (Wildman–Crippen MR) is 110 cm³/mol. The van der Waals surface area contributed by atoms with Crippen LogP contribution in [0.15, 0.2) is 83.3 Å². The van der Waals surface area contributed by atoms with Crippen molar-refractivity contribution in [3.05, 3.63) is 89.3 Å². The first-order valence-electron chi connectivity index (χ1n) is 8.53. The maximum Gasteiger partial charge on any atom is 0.192 e. The van der Waals surface area contributed by atoms with Gasteiger partial charge < -0.3 is 0 Å². The summed E-state index contributed by atoms with van der Waals surface area (Å²) in [5.74, 6) is 1.26. The molecule has 27 heavy (non-hydrogen) atoms. The van der Waals surface area contributed by atoms with Crippen LogP contribution >= 0.6 is 23.1 Å². The highest BCUT2D eigenvalue weighted by Gasteiger charge is 2.17. The van der Waals surface area contributed by atoms with Gasteiger partial charge in [-0.3, -0.25) is 9.36 Å². The van der Waals surface area contributed by atoms with Gasteiger partial charge in [-0.05, 0) is 17.0 Å². The molecule has 0 aliphatic heterocycles. The molecule has 2 aromatic heterocycles. The molecule has 0 aliphatic rings. The summed E-state index contributed by atoms with van der Waals surface area (Å²) < 4.78 is 2.09. The summed E-state index contributed by atoms with van der Waals surface area (Å²) in [7, 11) is 0. The van der Waals surface area contributed by atoms with Gasteiger partial charge in [0.2, 0.25) is 0 Å². The first-order valence-corrected chi connectivity index (χ1v) is 10.4. The molecular weight excluding hydrogens is 374 g/mol. The van der Waals surface area contributed by atoms with Crippen molar-refractivity contribution in [2.24, 2.45) is 0 Å². The average molecular weight is 392 g/mol. The van der Waals surface area contributed by atoms with Crippen molar-refractivity contribution in [3.63, 3.8) is 0 Å². The van der Waals surface area contributed by atoms with Crippen LogP contribution in [-0.4, -0.2) is 26.3 Å². The highest BCUT2D eigenvalue weighted by molar-refractivity contribution is 7.99. The number of carbonyl (C=O) groups excluding carboxylic acids is 1. The second kappa shape index (κ2) is 8.33. The lowest BCUT2D eigenvalue weighted by molar-refractivity contribution is 0.102. The summed E-state index contributed by atoms with van der Waals surface area (Å²) >= 11 is 3.07. The molecule has 0 atom stereocenters. The summed E-state index contributed by atoms with van der Waals surface area (Å²) in [5, 5.41) is 11.5. The second-order valence-electron chi connectivity index (χ2n) is 5.93. The highest BCUT2D eigenvalue weighted by atomic mass is 32.2. The average Bonchev–Trinajstić information content (AvgIpc) is 3.38. The van der Waals surface area contributed by atoms with E-state index in [-0.39, 0.29) is 5.78 Å². The highest BCUT2D eigenvalue weighted by Crippen LogP contribution is 2.28. The van der Waals surface area contributed by atoms with Crippen LogP contribution in [0.25, 0.3) is 10.7 Å². The van der Waals surface area contributed by atoms with Crippen molar-refractivity contribution in [2.45, 2.75) is 11.7 Å². The fourth-order valence-electron chi connectivity index (χ4n) is 2.73. The fourth-order valence-corrected chi connectivity index (χ4v) is 4.28. The SMILES string of the molecule is O=C(CSc1nnc(-c2cccs2)n1Cc1ccccc1)c1ccccc1. The normalized spacial score (nSPS) is 10.8. The van der Waals surface area contributed by atoms with E-state index in [1.165, 1.54) is 17.3 Å². The zero-order valence-corrected chi connectivity index (χ0v) is 16.1. The summed E-state index contributed by atoms with van der Waals surface area (Å²) in [5.41, 5.74) is 1.89. The van der Waals surface area contributed by atoms with Crippen molar-refractivity contribution in [3.8, 4) is 10.7 Å². The van der Waals surface area contributed by atoms with Crippen LogP contribution < -0.4 is 0 Å². The van der Waals surface area contributed by atoms with Gasteiger partial charge in [-0.2, -0.15) is 0 Å². The van der Waals surface area contributed by atoms with Gasteiger partial charge in [-0.1, -0.05) is 78.5 Å². The number of nitrogens with zero attached hydrogens (tertiary/aromatic N) is 3. The third-order valence-corrected chi connectivity index (χ3v) is 5.90. The Kier molecular flexibility index (Phi) is 5.46. The lowest BCUT2D eigenvalue weighted by Gasteiger charge is -2.09. The van der Waals surface area contributed by atoms with Crippen LogP contribution in [0.5, 0.6) is 0 Å². The van der Waals surface area contributed by atoms with Gasteiger partial charge in [0.05, 0.1) is 17.2 Å². The Labute approximate surface area is 165 Å². The van der Waals surface area contributed by atoms with Crippen LogP contribution in [0.2, 0.25) is 0 Å². The molecule has 4 aromatic rings. The molecule has 6 heteroatoms. The molecule has 0 saturated heterocycles. The number of thiophene rings is 1. The maximum absolute atomic E-state index is 12.4. The van der Waals surface area contributed by atoms with Gasteiger partial charge in [0, 0.05) is 5.56 Å². The van der Waals surface area contributed by atoms with Crippen LogP contribution in [0.4, 0.5) is 0 Å². The number of rotatable bonds is 7. The zero-order chi connectivity index (χ0) is 18.5. The van der Waals surface area contributed by atoms with Crippen LogP contribution in [-0.2, 0) is 6.54 Å². The molecule has 2 aromatic carbocycles. The van der Waals surface area contributed by atoms with Gasteiger partial charge in [-0.25, -0.2) is 0 Å². The van der Waals surface area contributed by atoms with Gasteiger partial charge in [0.15, 0.2) is 16.8 Å². The van der Waals surface area contributed by atoms with E-state index in [9.17, 15) is 4.79 Å². The number of hydrogen-bond acceptors (Lipinski definition) is 5. The third kappa shape index (κ3) is 4.18. The van der Waals surface area contributed by atoms with E-state index < -0.39 is 0 Å². The first kappa shape index (κ1) is 17.7. The smallest absolute Gasteiger partial charge is 0.192 e. The van der Waals surface area contributed by atoms with E-state index in [0.29, 0.717) is 12.3 Å². The molecule has 0 aliphatic carbocycles. The predicted octanol–water partition coefficient (Wildman–Crippen LogP) is 5.03. The quantitative estimate of drug-likeness (QED) is 0.327. The van der Waals surface area contributed by atoms with E-state index in [2.05, 4.69) is 26.9 Å². The Balaban J connectivity index is 1.59. The standard InChI is InChI=1S/C21H17N3OS2/c25-18(17-10-5-2-6-11-17)15-27-21-23-22-20(19-12-7-13-26-19)24(21)14-16-8-3-1-4-9-16/h1-13H,14-15H2. The Bertz CT molecular complexity index is 1010. The van der Waals surface area contributed by atoms with Crippen molar-refractivity contribution in [1.29, 1.82) is 0 Å². The Morgan fingerprint density at radius 1 is 0.926 bits per heavy atom. The van der Waals surface area contributed by atoms with Crippen molar-refractivity contribution in [1.82, 2.24) is 14.8 Å². The molecule has 0 bridgehead atoms. The van der Waals surface area contributed by atoms with E-state index >= 15 is 0 Å². The number of aromatic nitrogens is 3. The van der Waals surface area contributed by atoms with Gasteiger partial charge in [0.25, 0.3) is 0 Å². The minimum Gasteiger partial charge on any atom is -0.297 e. The van der Waals surface area contributed by atoms with Crippen molar-refractivity contribution < 1.29 is 4.79 Å². The number of thioether (sulfide) groups is 1. The fraction of sp³-hybridized carbons (Fsp3) is 0.0952. The number of carbonyl (C=O) groups is 1. The summed E-state index contributed by atoms with van der Waals surface area (Å²) in [6.45, 7) is 0.670. The van der Waals surface area contributed by atoms with Crippen LogP contribution in [0.1, 0.15) is 15.9 Å². The van der Waals surface area contributed by atoms with Gasteiger partial charge in [-0.15, -0.1) is 21.5 Å². The molecule has 0 unspecified atom stereocenters. The van der Waals surface area contributed by atoms with Gasteiger partial charge >= 0.3 is 0 Å². The summed E-state index contributed by atoms with van der Waals surface area (Å²) in [6.07, 6.45) is 0. The van der Waals surface area contributed by atoms with Crippen LogP contribution in [0.3, 0.4) is 0 Å². The van der Waals surface area contributed by atoms with Crippen LogP contribution in [0, 0.1) is 0 Å². The van der Waals surface area contributed by atoms with Gasteiger partial charge in [0.1, 0.15) is 0 Å². The number of ketones is 1. The van der Waals surface area contributed by atoms with Crippen molar-refractivity contribution >= 4 is 28.9 Å². The molecule has 0 fully saturated rings. The lowest BCUT2D eigenvalue weighted by Crippen LogP contribution is -2.06. The largest absolute Gasteiger partial charge is 0.297 e. The lowest BCUT2D eigenvalue weighted by atomic mass is 10.2. The zero-order valence-electron chi connectivity index (χ0n) is 14.5. The topological polar surface area (TPSA) is 47.8 Å².